The van der Waals surface area contributed by atoms with E-state index in [0.717, 1.165) is 22.7 Å². The number of anilines is 3. The van der Waals surface area contributed by atoms with Crippen molar-refractivity contribution in [2.75, 3.05) is 4.90 Å². The third-order valence-corrected chi connectivity index (χ3v) is 13.7. The maximum absolute atomic E-state index is 3.55. The summed E-state index contributed by atoms with van der Waals surface area (Å²) in [5, 5.41) is 7.71. The summed E-state index contributed by atoms with van der Waals surface area (Å²) in [5.41, 5.74) is 15.2. The molecule has 0 N–H and O–H groups in total. The van der Waals surface area contributed by atoms with Gasteiger partial charge >= 0.3 is 0 Å². The van der Waals surface area contributed by atoms with Crippen molar-refractivity contribution in [2.45, 2.75) is 0 Å². The Hall–Kier alpha value is -6.94. The van der Waals surface area contributed by atoms with E-state index in [2.05, 4.69) is 209 Å². The van der Waals surface area contributed by atoms with Crippen molar-refractivity contribution in [1.82, 2.24) is 4.57 Å². The Morgan fingerprint density at radius 1 is 0.404 bits per heavy atom. The van der Waals surface area contributed by atoms with Gasteiger partial charge in [-0.3, -0.25) is 0 Å². The Morgan fingerprint density at radius 2 is 1.00 bits per heavy atom. The van der Waals surface area contributed by atoms with Gasteiger partial charge in [0.15, 0.2) is 0 Å². The summed E-state index contributed by atoms with van der Waals surface area (Å²) < 4.78 is 7.56. The van der Waals surface area contributed by atoms with Crippen molar-refractivity contribution in [2.24, 2.45) is 0 Å². The molecule has 8 aromatic carbocycles. The van der Waals surface area contributed by atoms with Crippen LogP contribution in [0.3, 0.4) is 0 Å². The van der Waals surface area contributed by atoms with E-state index in [1.807, 2.05) is 22.7 Å². The molecule has 0 bridgehead atoms. The number of benzene rings is 8. The van der Waals surface area contributed by atoms with Gasteiger partial charge in [0.1, 0.15) is 0 Å². The molecular weight excluding hydrogens is 729 g/mol. The Labute approximate surface area is 337 Å². The molecule has 266 valence electrons. The third kappa shape index (κ3) is 5.16. The monoisotopic (exact) mass is 760 g/mol. The minimum Gasteiger partial charge on any atom is -0.310 e. The number of nitrogens with zero attached hydrogens (tertiary/aromatic N) is 2. The van der Waals surface area contributed by atoms with Crippen LogP contribution < -0.4 is 14.7 Å². The van der Waals surface area contributed by atoms with Crippen LogP contribution in [0.25, 0.3) is 80.2 Å². The first kappa shape index (κ1) is 32.3. The van der Waals surface area contributed by atoms with Gasteiger partial charge in [0.05, 0.1) is 15.6 Å². The Morgan fingerprint density at radius 3 is 1.79 bits per heavy atom. The van der Waals surface area contributed by atoms with Gasteiger partial charge in [0, 0.05) is 69.0 Å². The first-order chi connectivity index (χ1) is 28.2. The molecule has 0 fully saturated rings. The summed E-state index contributed by atoms with van der Waals surface area (Å²) in [6.07, 6.45) is 2.16. The lowest BCUT2D eigenvalue weighted by Gasteiger charge is -2.26. The zero-order valence-corrected chi connectivity index (χ0v) is 32.3. The molecule has 0 spiro atoms. The zero-order chi connectivity index (χ0) is 37.5. The molecule has 3 aromatic heterocycles. The molecule has 12 rings (SSSR count). The lowest BCUT2D eigenvalue weighted by Crippen LogP contribution is -2.17. The van der Waals surface area contributed by atoms with E-state index in [9.17, 15) is 0 Å². The van der Waals surface area contributed by atoms with E-state index in [4.69, 9.17) is 0 Å². The van der Waals surface area contributed by atoms with Gasteiger partial charge in [-0.1, -0.05) is 109 Å². The fraction of sp³-hybridized carbons (Fsp3) is 0. The predicted octanol–water partition coefficient (Wildman–Crippen LogP) is 13.7. The van der Waals surface area contributed by atoms with E-state index in [1.165, 1.54) is 84.1 Å². The summed E-state index contributed by atoms with van der Waals surface area (Å²) in [4.78, 5) is 2.39. The van der Waals surface area contributed by atoms with Crippen LogP contribution in [0.15, 0.2) is 194 Å². The van der Waals surface area contributed by atoms with Gasteiger partial charge in [-0.25, -0.2) is 0 Å². The van der Waals surface area contributed by atoms with Gasteiger partial charge in [-0.2, -0.15) is 0 Å². The lowest BCUT2D eigenvalue weighted by atomic mass is 10.0. The van der Waals surface area contributed by atoms with Gasteiger partial charge in [0.2, 0.25) is 0 Å². The highest BCUT2D eigenvalue weighted by molar-refractivity contribution is 7.25. The van der Waals surface area contributed by atoms with Gasteiger partial charge in [-0.05, 0) is 107 Å². The molecule has 0 unspecified atom stereocenters. The summed E-state index contributed by atoms with van der Waals surface area (Å²) >= 11 is 3.68. The first-order valence-electron chi connectivity index (χ1n) is 19.2. The summed E-state index contributed by atoms with van der Waals surface area (Å²) in [5.74, 6) is 0. The van der Waals surface area contributed by atoms with Crippen molar-refractivity contribution in [3.63, 3.8) is 0 Å². The first-order valence-corrected chi connectivity index (χ1v) is 20.9. The number of thiophene rings is 2. The fourth-order valence-electron chi connectivity index (χ4n) is 8.75. The van der Waals surface area contributed by atoms with Gasteiger partial charge in [0.25, 0.3) is 0 Å². The van der Waals surface area contributed by atoms with Crippen LogP contribution in [-0.2, 0) is 0 Å². The Kier molecular flexibility index (Phi) is 7.26. The molecule has 57 heavy (non-hydrogen) atoms. The van der Waals surface area contributed by atoms with Crippen molar-refractivity contribution < 1.29 is 0 Å². The molecule has 0 radical (unpaired) electrons. The standard InChI is InChI=1S/C53H32N2S2/c1-2-10-37(11-3-1)55-47-15-7-4-12-42(47)43-28-27-40(33-48(43)55)54(39-25-20-35(21-26-39)41-29-31-52-53(41)45-14-6-9-17-50(45)57-52)38-23-18-34(19-24-38)36-22-30-51-46(32-36)44-13-5-8-16-49(44)56-51/h1-30,32-33H. The normalized spacial score (nSPS) is 12.3. The molecule has 1 aliphatic rings. The van der Waals surface area contributed by atoms with E-state index in [1.54, 1.807) is 0 Å². The highest BCUT2D eigenvalue weighted by atomic mass is 32.1. The van der Waals surface area contributed by atoms with Crippen LogP contribution in [0.5, 0.6) is 0 Å². The third-order valence-electron chi connectivity index (χ3n) is 11.4. The Balaban J connectivity index is 1.01. The minimum absolute atomic E-state index is 1.10. The van der Waals surface area contributed by atoms with E-state index in [0.29, 0.717) is 0 Å². The van der Waals surface area contributed by atoms with Gasteiger partial charge < -0.3 is 9.47 Å². The van der Waals surface area contributed by atoms with Crippen molar-refractivity contribution in [3.05, 3.63) is 209 Å². The number of para-hydroxylation sites is 2. The Bertz CT molecular complexity index is 3540. The van der Waals surface area contributed by atoms with Crippen molar-refractivity contribution >= 4 is 103 Å². The van der Waals surface area contributed by atoms with Crippen LogP contribution in [0.2, 0.25) is 0 Å². The number of fused-ring (bicyclic) bond motifs is 9. The second kappa shape index (κ2) is 12.8. The molecule has 2 nitrogen and oxygen atoms in total. The highest BCUT2D eigenvalue weighted by Crippen LogP contribution is 2.41. The fourth-order valence-corrected chi connectivity index (χ4v) is 10.9. The van der Waals surface area contributed by atoms with E-state index >= 15 is 0 Å². The molecule has 0 aliphatic heterocycles. The number of hydrogen-bond acceptors (Lipinski definition) is 3. The van der Waals surface area contributed by atoms with E-state index < -0.39 is 0 Å². The summed E-state index contributed by atoms with van der Waals surface area (Å²) in [6.45, 7) is 0. The summed E-state index contributed by atoms with van der Waals surface area (Å²) in [7, 11) is 0. The largest absolute Gasteiger partial charge is 0.310 e. The molecule has 0 atom stereocenters. The quantitative estimate of drug-likeness (QED) is 0.164. The molecule has 0 saturated heterocycles. The van der Waals surface area contributed by atoms with Crippen LogP contribution in [0.4, 0.5) is 17.1 Å². The molecular formula is C53H32N2S2. The second-order valence-corrected chi connectivity index (χ2v) is 16.8. The molecule has 4 heteroatoms. The SMILES string of the molecule is C1=CC(c2ccc(N(c3ccc(-c4ccc5sc6ccccc6c5c4)cc3)c3ccc4c5ccccc5n(-c5ccccc5)c4c3)cc2)=c2c=1sc1ccccc21. The van der Waals surface area contributed by atoms with Crippen LogP contribution in [0, 0.1) is 0 Å². The molecule has 3 heterocycles. The van der Waals surface area contributed by atoms with Crippen molar-refractivity contribution in [1.29, 1.82) is 0 Å². The topological polar surface area (TPSA) is 8.17 Å². The number of rotatable bonds is 6. The van der Waals surface area contributed by atoms with Crippen LogP contribution in [0.1, 0.15) is 5.56 Å². The summed E-state index contributed by atoms with van der Waals surface area (Å²) in [6, 6.07) is 68.8. The van der Waals surface area contributed by atoms with Crippen LogP contribution in [-0.4, -0.2) is 4.57 Å². The predicted molar refractivity (Wildman–Crippen MR) is 245 cm³/mol. The lowest BCUT2D eigenvalue weighted by molar-refractivity contribution is 1.18. The average molecular weight is 761 g/mol. The molecule has 0 saturated carbocycles. The molecule has 11 aromatic rings. The second-order valence-electron chi connectivity index (χ2n) is 14.6. The van der Waals surface area contributed by atoms with E-state index in [-0.39, 0.29) is 0 Å². The maximum atomic E-state index is 3.55. The van der Waals surface area contributed by atoms with Gasteiger partial charge in [-0.15, -0.1) is 28.4 Å². The van der Waals surface area contributed by atoms with Crippen LogP contribution >= 0.6 is 22.7 Å². The minimum atomic E-state index is 1.10. The molecule has 0 amide bonds. The van der Waals surface area contributed by atoms with Crippen molar-refractivity contribution in [3.8, 4) is 16.8 Å². The molecule has 1 aliphatic carbocycles. The average Bonchev–Trinajstić information content (AvgIpc) is 4.04. The highest BCUT2D eigenvalue weighted by Gasteiger charge is 2.19. The maximum Gasteiger partial charge on any atom is 0.0780 e. The number of allylic oxidation sites excluding steroid dienone is 1. The number of aromatic nitrogens is 1. The number of hydrogen-bond donors (Lipinski definition) is 0. The zero-order valence-electron chi connectivity index (χ0n) is 30.7. The smallest absolute Gasteiger partial charge is 0.0780 e.